The van der Waals surface area contributed by atoms with E-state index in [0.29, 0.717) is 10.8 Å². The molecule has 0 radical (unpaired) electrons. The van der Waals surface area contributed by atoms with Crippen LogP contribution in [0.4, 0.5) is 0 Å². The van der Waals surface area contributed by atoms with E-state index >= 15 is 0 Å². The molecule has 0 aromatic carbocycles. The molecule has 0 fully saturated rings. The van der Waals surface area contributed by atoms with Gasteiger partial charge >= 0.3 is 0 Å². The Morgan fingerprint density at radius 1 is 1.00 bits per heavy atom. The van der Waals surface area contributed by atoms with Crippen molar-refractivity contribution in [3.63, 3.8) is 0 Å². The highest BCUT2D eigenvalue weighted by atomic mass is 14.2. The van der Waals surface area contributed by atoms with Crippen LogP contribution in [0.2, 0.25) is 0 Å². The van der Waals surface area contributed by atoms with Crippen LogP contribution in [0, 0.1) is 10.8 Å². The van der Waals surface area contributed by atoms with Crippen LogP contribution in [0.15, 0.2) is 12.7 Å². The first kappa shape index (κ1) is 10.7. The molecular weight excluding hydrogens is 132 g/mol. The molecule has 0 saturated carbocycles. The van der Waals surface area contributed by atoms with Gasteiger partial charge in [0, 0.05) is 0 Å². The van der Waals surface area contributed by atoms with E-state index in [0.717, 1.165) is 0 Å². The van der Waals surface area contributed by atoms with Gasteiger partial charge in [0.2, 0.25) is 0 Å². The second kappa shape index (κ2) is 3.42. The number of allylic oxidation sites excluding steroid dienone is 1. The normalized spacial score (nSPS) is 13.2. The maximum absolute atomic E-state index is 3.83. The fourth-order valence-corrected chi connectivity index (χ4v) is 0.799. The maximum Gasteiger partial charge on any atom is -0.0177 e. The van der Waals surface area contributed by atoms with E-state index in [1.165, 1.54) is 12.8 Å². The molecular formula is C11H22. The Balaban J connectivity index is 3.79. The summed E-state index contributed by atoms with van der Waals surface area (Å²) in [5.74, 6) is 0. The van der Waals surface area contributed by atoms with Crippen molar-refractivity contribution < 1.29 is 0 Å². The van der Waals surface area contributed by atoms with Crippen LogP contribution < -0.4 is 0 Å². The topological polar surface area (TPSA) is 0 Å². The zero-order chi connectivity index (χ0) is 9.12. The average Bonchev–Trinajstić information content (AvgIpc) is 1.83. The van der Waals surface area contributed by atoms with Crippen LogP contribution in [-0.2, 0) is 0 Å². The van der Waals surface area contributed by atoms with Crippen molar-refractivity contribution in [2.24, 2.45) is 10.8 Å². The van der Waals surface area contributed by atoms with E-state index in [1.807, 2.05) is 0 Å². The summed E-state index contributed by atoms with van der Waals surface area (Å²) >= 11 is 0. The van der Waals surface area contributed by atoms with Gasteiger partial charge in [-0.15, -0.1) is 6.58 Å². The predicted molar refractivity (Wildman–Crippen MR) is 52.7 cm³/mol. The van der Waals surface area contributed by atoms with Crippen LogP contribution in [-0.4, -0.2) is 0 Å². The number of rotatable bonds is 3. The van der Waals surface area contributed by atoms with Gasteiger partial charge in [0.05, 0.1) is 0 Å². The summed E-state index contributed by atoms with van der Waals surface area (Å²) in [4.78, 5) is 0. The molecule has 0 aromatic heterocycles. The second-order valence-corrected chi connectivity index (χ2v) is 5.25. The van der Waals surface area contributed by atoms with Gasteiger partial charge in [0.25, 0.3) is 0 Å². The van der Waals surface area contributed by atoms with E-state index in [9.17, 15) is 0 Å². The molecule has 0 spiro atoms. The van der Waals surface area contributed by atoms with Crippen molar-refractivity contribution in [3.05, 3.63) is 12.7 Å². The molecule has 0 unspecified atom stereocenters. The van der Waals surface area contributed by atoms with Crippen LogP contribution in [0.25, 0.3) is 0 Å². The van der Waals surface area contributed by atoms with E-state index < -0.39 is 0 Å². The van der Waals surface area contributed by atoms with Crippen molar-refractivity contribution in [2.45, 2.75) is 47.5 Å². The molecule has 0 aliphatic carbocycles. The molecule has 0 heterocycles. The summed E-state index contributed by atoms with van der Waals surface area (Å²) < 4.78 is 0. The zero-order valence-electron chi connectivity index (χ0n) is 8.70. The zero-order valence-corrected chi connectivity index (χ0v) is 8.70. The summed E-state index contributed by atoms with van der Waals surface area (Å²) in [5.41, 5.74) is 0.771. The third-order valence-corrected chi connectivity index (χ3v) is 2.07. The van der Waals surface area contributed by atoms with Gasteiger partial charge in [0.1, 0.15) is 0 Å². The standard InChI is InChI=1S/C11H22/c1-7-11(5,6)9-8-10(2,3)4/h7H,1,8-9H2,2-6H3. The summed E-state index contributed by atoms with van der Waals surface area (Å²) in [7, 11) is 0. The molecule has 0 heteroatoms. The number of hydrogen-bond donors (Lipinski definition) is 0. The Morgan fingerprint density at radius 3 is 1.73 bits per heavy atom. The third-order valence-electron chi connectivity index (χ3n) is 2.07. The van der Waals surface area contributed by atoms with Gasteiger partial charge in [0.15, 0.2) is 0 Å². The number of hydrogen-bond acceptors (Lipinski definition) is 0. The van der Waals surface area contributed by atoms with Crippen LogP contribution in [0.5, 0.6) is 0 Å². The molecule has 0 aliphatic heterocycles. The minimum atomic E-state index is 0.313. The molecule has 0 rings (SSSR count). The molecule has 0 saturated heterocycles. The van der Waals surface area contributed by atoms with Crippen molar-refractivity contribution in [3.8, 4) is 0 Å². The average molecular weight is 154 g/mol. The monoisotopic (exact) mass is 154 g/mol. The first-order valence-electron chi connectivity index (χ1n) is 4.40. The second-order valence-electron chi connectivity index (χ2n) is 5.25. The Labute approximate surface area is 71.7 Å². The molecule has 0 aliphatic rings. The maximum atomic E-state index is 3.83. The van der Waals surface area contributed by atoms with Crippen molar-refractivity contribution in [1.29, 1.82) is 0 Å². The summed E-state index contributed by atoms with van der Waals surface area (Å²) in [6.07, 6.45) is 4.56. The molecule has 11 heavy (non-hydrogen) atoms. The lowest BCUT2D eigenvalue weighted by Crippen LogP contribution is -2.13. The highest BCUT2D eigenvalue weighted by Crippen LogP contribution is 2.30. The largest absolute Gasteiger partial charge is 0.103 e. The van der Waals surface area contributed by atoms with Gasteiger partial charge in [-0.05, 0) is 23.7 Å². The quantitative estimate of drug-likeness (QED) is 0.538. The summed E-state index contributed by atoms with van der Waals surface area (Å²) in [5, 5.41) is 0. The van der Waals surface area contributed by atoms with E-state index in [4.69, 9.17) is 0 Å². The molecule has 0 nitrogen and oxygen atoms in total. The fraction of sp³-hybridized carbons (Fsp3) is 0.818. The minimum absolute atomic E-state index is 0.313. The third kappa shape index (κ3) is 6.15. The summed E-state index contributed by atoms with van der Waals surface area (Å²) in [6.45, 7) is 15.2. The summed E-state index contributed by atoms with van der Waals surface area (Å²) in [6, 6.07) is 0. The minimum Gasteiger partial charge on any atom is -0.103 e. The highest BCUT2D eigenvalue weighted by molar-refractivity contribution is 4.88. The Hall–Kier alpha value is -0.260. The lowest BCUT2D eigenvalue weighted by atomic mass is 9.80. The van der Waals surface area contributed by atoms with Gasteiger partial charge in [-0.25, -0.2) is 0 Å². The van der Waals surface area contributed by atoms with Crippen molar-refractivity contribution in [1.82, 2.24) is 0 Å². The SMILES string of the molecule is C=CC(C)(C)CCC(C)(C)C. The van der Waals surface area contributed by atoms with Crippen molar-refractivity contribution >= 4 is 0 Å². The Morgan fingerprint density at radius 2 is 1.45 bits per heavy atom. The molecule has 0 N–H and O–H groups in total. The van der Waals surface area contributed by atoms with Crippen molar-refractivity contribution in [2.75, 3.05) is 0 Å². The predicted octanol–water partition coefficient (Wildman–Crippen LogP) is 4.02. The highest BCUT2D eigenvalue weighted by Gasteiger charge is 2.17. The van der Waals surface area contributed by atoms with Gasteiger partial charge in [-0.3, -0.25) is 0 Å². The lowest BCUT2D eigenvalue weighted by Gasteiger charge is -2.25. The fourth-order valence-electron chi connectivity index (χ4n) is 0.799. The van der Waals surface area contributed by atoms with Crippen LogP contribution in [0.3, 0.4) is 0 Å². The first-order valence-corrected chi connectivity index (χ1v) is 4.40. The molecule has 0 aromatic rings. The molecule has 66 valence electrons. The van der Waals surface area contributed by atoms with E-state index in [2.05, 4.69) is 47.3 Å². The first-order chi connectivity index (χ1) is 4.77. The Kier molecular flexibility index (Phi) is 3.34. The van der Waals surface area contributed by atoms with E-state index in [-0.39, 0.29) is 0 Å². The Bertz CT molecular complexity index is 123. The van der Waals surface area contributed by atoms with Gasteiger partial charge in [-0.1, -0.05) is 40.7 Å². The van der Waals surface area contributed by atoms with E-state index in [1.54, 1.807) is 0 Å². The molecule has 0 bridgehead atoms. The smallest absolute Gasteiger partial charge is 0.0177 e. The van der Waals surface area contributed by atoms with Gasteiger partial charge < -0.3 is 0 Å². The molecule has 0 amide bonds. The van der Waals surface area contributed by atoms with Crippen LogP contribution >= 0.6 is 0 Å². The van der Waals surface area contributed by atoms with Gasteiger partial charge in [-0.2, -0.15) is 0 Å². The van der Waals surface area contributed by atoms with Crippen LogP contribution in [0.1, 0.15) is 47.5 Å². The lowest BCUT2D eigenvalue weighted by molar-refractivity contribution is 0.299. The molecule has 0 atom stereocenters.